The monoisotopic (exact) mass is 404 g/mol. The predicted octanol–water partition coefficient (Wildman–Crippen LogP) is 4.15. The summed E-state index contributed by atoms with van der Waals surface area (Å²) >= 11 is 6.42. The number of aromatic nitrogens is 2. The molecule has 3 rings (SSSR count). The first-order valence-corrected chi connectivity index (χ1v) is 10.1. The normalized spacial score (nSPS) is 14.9. The minimum Gasteiger partial charge on any atom is -0.366 e. The Morgan fingerprint density at radius 1 is 1.25 bits per heavy atom. The van der Waals surface area contributed by atoms with E-state index >= 15 is 0 Å². The Labute approximate surface area is 170 Å². The number of para-hydroxylation sites is 1. The first kappa shape index (κ1) is 20.4. The van der Waals surface area contributed by atoms with Crippen molar-refractivity contribution in [1.29, 1.82) is 0 Å². The molecule has 1 amide bonds. The van der Waals surface area contributed by atoms with E-state index in [1.54, 1.807) is 33.9 Å². The van der Waals surface area contributed by atoms with E-state index in [0.717, 1.165) is 30.6 Å². The molecule has 0 aliphatic carbocycles. The third-order valence-electron chi connectivity index (χ3n) is 5.01. The molecule has 0 N–H and O–H groups in total. The molecule has 150 valence electrons. The van der Waals surface area contributed by atoms with Crippen molar-refractivity contribution in [2.75, 3.05) is 31.1 Å². The zero-order valence-corrected chi connectivity index (χ0v) is 17.1. The van der Waals surface area contributed by atoms with Crippen LogP contribution in [0.25, 0.3) is 6.08 Å². The minimum absolute atomic E-state index is 0.0649. The highest BCUT2D eigenvalue weighted by molar-refractivity contribution is 6.31. The molecule has 1 aliphatic rings. The van der Waals surface area contributed by atoms with E-state index in [1.807, 2.05) is 17.9 Å². The van der Waals surface area contributed by atoms with Crippen molar-refractivity contribution >= 4 is 29.3 Å². The number of nitrogens with zero attached hydrogens (tertiary/aromatic N) is 4. The molecule has 1 saturated heterocycles. The average Bonchev–Trinajstić information content (AvgIpc) is 2.98. The van der Waals surface area contributed by atoms with Gasteiger partial charge in [-0.3, -0.25) is 9.48 Å². The quantitative estimate of drug-likeness (QED) is 0.679. The summed E-state index contributed by atoms with van der Waals surface area (Å²) in [4.78, 5) is 16.3. The van der Waals surface area contributed by atoms with E-state index in [9.17, 15) is 9.18 Å². The van der Waals surface area contributed by atoms with Gasteiger partial charge in [0.25, 0.3) is 0 Å². The van der Waals surface area contributed by atoms with Gasteiger partial charge in [-0.15, -0.1) is 0 Å². The van der Waals surface area contributed by atoms with E-state index in [2.05, 4.69) is 12.0 Å². The standard InChI is InChI=1S/C21H26ClFN4O/c1-3-4-11-27-21(22)17(16(2)24-27)9-10-20(28)26-14-12-25(13-15-26)19-8-6-5-7-18(19)23/h5-10H,3-4,11-15H2,1-2H3/b10-9+. The van der Waals surface area contributed by atoms with Gasteiger partial charge in [0.05, 0.1) is 11.4 Å². The molecule has 2 aromatic rings. The Hall–Kier alpha value is -2.34. The van der Waals surface area contributed by atoms with Gasteiger partial charge in [0.15, 0.2) is 0 Å². The maximum atomic E-state index is 13.9. The zero-order valence-electron chi connectivity index (χ0n) is 16.4. The van der Waals surface area contributed by atoms with Gasteiger partial charge in [-0.2, -0.15) is 5.10 Å². The number of amides is 1. The number of rotatable bonds is 6. The second-order valence-corrected chi connectivity index (χ2v) is 7.32. The van der Waals surface area contributed by atoms with Crippen LogP contribution in [0.1, 0.15) is 31.0 Å². The maximum Gasteiger partial charge on any atom is 0.246 e. The van der Waals surface area contributed by atoms with Gasteiger partial charge in [-0.1, -0.05) is 37.1 Å². The molecule has 0 atom stereocenters. The molecule has 0 bridgehead atoms. The summed E-state index contributed by atoms with van der Waals surface area (Å²) in [7, 11) is 0. The topological polar surface area (TPSA) is 41.4 Å². The Balaban J connectivity index is 1.60. The molecule has 0 unspecified atom stereocenters. The molecule has 0 spiro atoms. The van der Waals surface area contributed by atoms with E-state index in [4.69, 9.17) is 11.6 Å². The molecule has 5 nitrogen and oxygen atoms in total. The number of unbranched alkanes of at least 4 members (excludes halogenated alkanes) is 1. The van der Waals surface area contributed by atoms with Crippen molar-refractivity contribution in [3.63, 3.8) is 0 Å². The van der Waals surface area contributed by atoms with Gasteiger partial charge in [-0.05, 0) is 31.6 Å². The van der Waals surface area contributed by atoms with Gasteiger partial charge in [0.1, 0.15) is 11.0 Å². The van der Waals surface area contributed by atoms with Crippen LogP contribution < -0.4 is 4.90 Å². The summed E-state index contributed by atoms with van der Waals surface area (Å²) < 4.78 is 15.7. The first-order chi connectivity index (χ1) is 13.5. The van der Waals surface area contributed by atoms with Crippen molar-refractivity contribution in [2.24, 2.45) is 0 Å². The van der Waals surface area contributed by atoms with Crippen LogP contribution in [0.15, 0.2) is 30.3 Å². The first-order valence-electron chi connectivity index (χ1n) is 9.70. The van der Waals surface area contributed by atoms with Crippen LogP contribution in [0, 0.1) is 12.7 Å². The van der Waals surface area contributed by atoms with Crippen LogP contribution in [0.3, 0.4) is 0 Å². The lowest BCUT2D eigenvalue weighted by molar-refractivity contribution is -0.126. The molecular weight excluding hydrogens is 379 g/mol. The van der Waals surface area contributed by atoms with Crippen molar-refractivity contribution in [3.05, 3.63) is 52.6 Å². The second-order valence-electron chi connectivity index (χ2n) is 6.96. The number of aryl methyl sites for hydroxylation is 2. The highest BCUT2D eigenvalue weighted by Gasteiger charge is 2.21. The molecular formula is C21H26ClFN4O. The summed E-state index contributed by atoms with van der Waals surface area (Å²) in [6.07, 6.45) is 5.38. The zero-order chi connectivity index (χ0) is 20.1. The molecule has 1 aromatic heterocycles. The number of hydrogen-bond acceptors (Lipinski definition) is 3. The lowest BCUT2D eigenvalue weighted by Gasteiger charge is -2.35. The highest BCUT2D eigenvalue weighted by atomic mass is 35.5. The van der Waals surface area contributed by atoms with Crippen molar-refractivity contribution in [3.8, 4) is 0 Å². The Kier molecular flexibility index (Phi) is 6.73. The second kappa shape index (κ2) is 9.24. The number of halogens is 2. The average molecular weight is 405 g/mol. The van der Waals surface area contributed by atoms with Crippen LogP contribution in [0.5, 0.6) is 0 Å². The fraction of sp³-hybridized carbons (Fsp3) is 0.429. The van der Waals surface area contributed by atoms with Crippen LogP contribution in [0.4, 0.5) is 10.1 Å². The van der Waals surface area contributed by atoms with Gasteiger partial charge in [-0.25, -0.2) is 4.39 Å². The molecule has 1 fully saturated rings. The Morgan fingerprint density at radius 2 is 1.96 bits per heavy atom. The van der Waals surface area contributed by atoms with E-state index in [0.29, 0.717) is 37.0 Å². The highest BCUT2D eigenvalue weighted by Crippen LogP contribution is 2.23. The molecule has 1 aromatic carbocycles. The van der Waals surface area contributed by atoms with Crippen LogP contribution in [-0.2, 0) is 11.3 Å². The summed E-state index contributed by atoms with van der Waals surface area (Å²) in [6.45, 7) is 7.11. The van der Waals surface area contributed by atoms with Gasteiger partial charge >= 0.3 is 0 Å². The number of anilines is 1. The molecule has 1 aliphatic heterocycles. The molecule has 7 heteroatoms. The van der Waals surface area contributed by atoms with E-state index in [1.165, 1.54) is 6.07 Å². The van der Waals surface area contributed by atoms with Crippen LogP contribution >= 0.6 is 11.6 Å². The molecule has 28 heavy (non-hydrogen) atoms. The summed E-state index contributed by atoms with van der Waals surface area (Å²) in [6, 6.07) is 6.74. The third-order valence-corrected chi connectivity index (χ3v) is 5.41. The number of carbonyl (C=O) groups is 1. The fourth-order valence-electron chi connectivity index (χ4n) is 3.35. The van der Waals surface area contributed by atoms with Crippen LogP contribution in [0.2, 0.25) is 5.15 Å². The Bertz CT molecular complexity index is 856. The third kappa shape index (κ3) is 4.55. The van der Waals surface area contributed by atoms with Crippen molar-refractivity contribution in [2.45, 2.75) is 33.2 Å². The molecule has 0 saturated carbocycles. The predicted molar refractivity (Wildman–Crippen MR) is 111 cm³/mol. The van der Waals surface area contributed by atoms with Crippen LogP contribution in [-0.4, -0.2) is 46.8 Å². The van der Waals surface area contributed by atoms with E-state index in [-0.39, 0.29) is 11.7 Å². The van der Waals surface area contributed by atoms with Gasteiger partial charge in [0, 0.05) is 44.4 Å². The maximum absolute atomic E-state index is 13.9. The molecule has 2 heterocycles. The molecule has 0 radical (unpaired) electrons. The van der Waals surface area contributed by atoms with Crippen molar-refractivity contribution in [1.82, 2.24) is 14.7 Å². The number of carbonyl (C=O) groups excluding carboxylic acids is 1. The lowest BCUT2D eigenvalue weighted by atomic mass is 10.2. The SMILES string of the molecule is CCCCn1nc(C)c(/C=C/C(=O)N2CCN(c3ccccc3F)CC2)c1Cl. The van der Waals surface area contributed by atoms with E-state index < -0.39 is 0 Å². The smallest absolute Gasteiger partial charge is 0.246 e. The lowest BCUT2D eigenvalue weighted by Crippen LogP contribution is -2.48. The minimum atomic E-state index is -0.229. The van der Waals surface area contributed by atoms with Gasteiger partial charge in [0.2, 0.25) is 5.91 Å². The Morgan fingerprint density at radius 3 is 2.64 bits per heavy atom. The fourth-order valence-corrected chi connectivity index (χ4v) is 3.67. The largest absolute Gasteiger partial charge is 0.366 e. The number of piperazine rings is 1. The number of hydrogen-bond donors (Lipinski definition) is 0. The summed E-state index contributed by atoms with van der Waals surface area (Å²) in [5, 5.41) is 5.03. The number of benzene rings is 1. The van der Waals surface area contributed by atoms with Gasteiger partial charge < -0.3 is 9.80 Å². The van der Waals surface area contributed by atoms with Crippen molar-refractivity contribution < 1.29 is 9.18 Å². The summed E-state index contributed by atoms with van der Waals surface area (Å²) in [5.74, 6) is -0.294. The summed E-state index contributed by atoms with van der Waals surface area (Å²) in [5.41, 5.74) is 2.19.